The SMILES string of the molecule is CC1(C)c2cc(-c3cccc(-c4cccc(-c5cnc6c7ccccc7c7ccccc7c6n5)c4)c3)ccc2-c2ccc(-c3cccc(-c4cnc5c6ccccc6c6ccccc6c5n4)c3)cc21. The second-order valence-electron chi connectivity index (χ2n) is 19.0. The van der Waals surface area contributed by atoms with Crippen LogP contribution >= 0.6 is 0 Å². The van der Waals surface area contributed by atoms with Gasteiger partial charge in [-0.05, 0) is 108 Å². The Morgan fingerprint density at radius 3 is 0.957 bits per heavy atom. The first-order valence-corrected chi connectivity index (χ1v) is 23.7. The molecule has 0 atom stereocenters. The summed E-state index contributed by atoms with van der Waals surface area (Å²) in [5.74, 6) is 0. The normalized spacial score (nSPS) is 12.9. The van der Waals surface area contributed by atoms with Crippen molar-refractivity contribution in [2.75, 3.05) is 0 Å². The Hall–Kier alpha value is -8.86. The standard InChI is InChI=1S/C65H42N4/c1-65(2)57-35-43(40-15-11-14-39(32-40)41-16-12-18-45(33-41)59-37-66-61-53-24-7-3-20-47(53)49-22-5-9-26-55(49)63(61)68-59)28-30-51(57)52-31-29-44(36-58(52)65)42-17-13-19-46(34-42)60-38-67-62-54-25-8-4-21-48(54)50-23-6-10-27-56(50)64(62)69-60/h3-38H,1-2H3. The second kappa shape index (κ2) is 15.1. The predicted octanol–water partition coefficient (Wildman–Crippen LogP) is 16.8. The molecule has 0 aliphatic heterocycles. The van der Waals surface area contributed by atoms with Crippen LogP contribution in [0.15, 0.2) is 219 Å². The molecule has 2 heterocycles. The van der Waals surface area contributed by atoms with Crippen LogP contribution in [0.25, 0.3) is 132 Å². The van der Waals surface area contributed by atoms with Gasteiger partial charge in [0.05, 0.1) is 45.8 Å². The molecule has 4 heteroatoms. The van der Waals surface area contributed by atoms with E-state index in [-0.39, 0.29) is 5.41 Å². The maximum atomic E-state index is 5.30. The molecular formula is C65H42N4. The summed E-state index contributed by atoms with van der Waals surface area (Å²) in [4.78, 5) is 20.7. The van der Waals surface area contributed by atoms with Gasteiger partial charge in [-0.3, -0.25) is 9.97 Å². The zero-order chi connectivity index (χ0) is 45.8. The lowest BCUT2D eigenvalue weighted by atomic mass is 9.80. The zero-order valence-corrected chi connectivity index (χ0v) is 38.1. The molecule has 0 saturated carbocycles. The maximum Gasteiger partial charge on any atom is 0.0979 e. The largest absolute Gasteiger partial charge is 0.252 e. The third-order valence-corrected chi connectivity index (χ3v) is 14.7. The molecule has 14 rings (SSSR count). The Labute approximate surface area is 399 Å². The molecule has 0 amide bonds. The van der Waals surface area contributed by atoms with Crippen molar-refractivity contribution < 1.29 is 0 Å². The topological polar surface area (TPSA) is 51.6 Å². The first-order chi connectivity index (χ1) is 33.9. The first kappa shape index (κ1) is 39.3. The van der Waals surface area contributed by atoms with Crippen molar-refractivity contribution in [3.63, 3.8) is 0 Å². The molecule has 2 aromatic heterocycles. The van der Waals surface area contributed by atoms with Gasteiger partial charge in [-0.15, -0.1) is 0 Å². The summed E-state index contributed by atoms with van der Waals surface area (Å²) in [5, 5.41) is 9.27. The van der Waals surface area contributed by atoms with Crippen LogP contribution in [0.5, 0.6) is 0 Å². The monoisotopic (exact) mass is 878 g/mol. The molecule has 11 aromatic carbocycles. The van der Waals surface area contributed by atoms with E-state index in [4.69, 9.17) is 19.9 Å². The Bertz CT molecular complexity index is 4230. The van der Waals surface area contributed by atoms with E-state index in [9.17, 15) is 0 Å². The number of fused-ring (bicyclic) bond motifs is 15. The molecule has 0 saturated heterocycles. The van der Waals surface area contributed by atoms with Crippen LogP contribution in [0.4, 0.5) is 0 Å². The van der Waals surface area contributed by atoms with E-state index in [1.807, 2.05) is 12.4 Å². The number of hydrogen-bond donors (Lipinski definition) is 0. The van der Waals surface area contributed by atoms with Crippen LogP contribution in [0, 0.1) is 0 Å². The van der Waals surface area contributed by atoms with Crippen LogP contribution in [0.1, 0.15) is 25.0 Å². The molecule has 1 aliphatic carbocycles. The fourth-order valence-corrected chi connectivity index (χ4v) is 11.2. The molecule has 0 bridgehead atoms. The molecular weight excluding hydrogens is 837 g/mol. The number of aromatic nitrogens is 4. The van der Waals surface area contributed by atoms with Gasteiger partial charge in [-0.25, -0.2) is 9.97 Å². The lowest BCUT2D eigenvalue weighted by molar-refractivity contribution is 0.661. The number of nitrogens with zero attached hydrogens (tertiary/aromatic N) is 4. The van der Waals surface area contributed by atoms with E-state index in [1.54, 1.807) is 0 Å². The molecule has 1 aliphatic rings. The van der Waals surface area contributed by atoms with Crippen molar-refractivity contribution in [1.29, 1.82) is 0 Å². The summed E-state index contributed by atoms with van der Waals surface area (Å²) in [5.41, 5.74) is 19.6. The number of benzene rings is 11. The van der Waals surface area contributed by atoms with Crippen molar-refractivity contribution in [3.8, 4) is 67.0 Å². The molecule has 69 heavy (non-hydrogen) atoms. The summed E-state index contributed by atoms with van der Waals surface area (Å²) in [6, 6.07) is 74.4. The molecule has 4 nitrogen and oxygen atoms in total. The highest BCUT2D eigenvalue weighted by Crippen LogP contribution is 2.51. The van der Waals surface area contributed by atoms with E-state index in [0.29, 0.717) is 0 Å². The Morgan fingerprint density at radius 1 is 0.275 bits per heavy atom. The van der Waals surface area contributed by atoms with Gasteiger partial charge in [-0.1, -0.05) is 190 Å². The minimum absolute atomic E-state index is 0.202. The Kier molecular flexibility index (Phi) is 8.59. The van der Waals surface area contributed by atoms with E-state index in [2.05, 4.69) is 220 Å². The molecule has 0 radical (unpaired) electrons. The fourth-order valence-electron chi connectivity index (χ4n) is 11.2. The fraction of sp³-hybridized carbons (Fsp3) is 0.0462. The van der Waals surface area contributed by atoms with Gasteiger partial charge in [-0.2, -0.15) is 0 Å². The summed E-state index contributed by atoms with van der Waals surface area (Å²) >= 11 is 0. The van der Waals surface area contributed by atoms with Crippen LogP contribution in [0.2, 0.25) is 0 Å². The van der Waals surface area contributed by atoms with E-state index in [0.717, 1.165) is 82.8 Å². The quantitative estimate of drug-likeness (QED) is 0.162. The van der Waals surface area contributed by atoms with Crippen LogP contribution in [-0.4, -0.2) is 19.9 Å². The molecule has 0 spiro atoms. The predicted molar refractivity (Wildman–Crippen MR) is 287 cm³/mol. The van der Waals surface area contributed by atoms with Gasteiger partial charge in [0, 0.05) is 38.1 Å². The highest BCUT2D eigenvalue weighted by atomic mass is 14.8. The van der Waals surface area contributed by atoms with Gasteiger partial charge in [0.1, 0.15) is 0 Å². The second-order valence-corrected chi connectivity index (χ2v) is 19.0. The third-order valence-electron chi connectivity index (χ3n) is 14.7. The van der Waals surface area contributed by atoms with E-state index in [1.165, 1.54) is 60.5 Å². The van der Waals surface area contributed by atoms with Gasteiger partial charge in [0.2, 0.25) is 0 Å². The minimum atomic E-state index is -0.202. The van der Waals surface area contributed by atoms with Gasteiger partial charge in [0.25, 0.3) is 0 Å². The highest BCUT2D eigenvalue weighted by Gasteiger charge is 2.36. The van der Waals surface area contributed by atoms with Crippen molar-refractivity contribution >= 4 is 65.2 Å². The molecule has 0 fully saturated rings. The highest BCUT2D eigenvalue weighted by molar-refractivity contribution is 6.24. The van der Waals surface area contributed by atoms with Crippen LogP contribution in [-0.2, 0) is 5.41 Å². The van der Waals surface area contributed by atoms with Gasteiger partial charge < -0.3 is 0 Å². The van der Waals surface area contributed by atoms with Crippen LogP contribution in [0.3, 0.4) is 0 Å². The zero-order valence-electron chi connectivity index (χ0n) is 38.1. The summed E-state index contributed by atoms with van der Waals surface area (Å²) in [7, 11) is 0. The van der Waals surface area contributed by atoms with Crippen molar-refractivity contribution in [2.45, 2.75) is 19.3 Å². The minimum Gasteiger partial charge on any atom is -0.252 e. The molecule has 0 unspecified atom stereocenters. The smallest absolute Gasteiger partial charge is 0.0979 e. The summed E-state index contributed by atoms with van der Waals surface area (Å²) in [6.07, 6.45) is 3.85. The van der Waals surface area contributed by atoms with E-state index >= 15 is 0 Å². The maximum absolute atomic E-state index is 5.30. The van der Waals surface area contributed by atoms with Gasteiger partial charge in [0.15, 0.2) is 0 Å². The van der Waals surface area contributed by atoms with Crippen molar-refractivity contribution in [1.82, 2.24) is 19.9 Å². The van der Waals surface area contributed by atoms with Gasteiger partial charge >= 0.3 is 0 Å². The van der Waals surface area contributed by atoms with E-state index < -0.39 is 0 Å². The van der Waals surface area contributed by atoms with Crippen LogP contribution < -0.4 is 0 Å². The van der Waals surface area contributed by atoms with Crippen molar-refractivity contribution in [3.05, 3.63) is 230 Å². The third kappa shape index (κ3) is 6.15. The van der Waals surface area contributed by atoms with Crippen molar-refractivity contribution in [2.24, 2.45) is 0 Å². The lowest BCUT2D eigenvalue weighted by Crippen LogP contribution is -2.15. The molecule has 13 aromatic rings. The molecule has 0 N–H and O–H groups in total. The molecule has 322 valence electrons. The summed E-state index contributed by atoms with van der Waals surface area (Å²) in [6.45, 7) is 4.73. The Morgan fingerprint density at radius 2 is 0.580 bits per heavy atom. The number of hydrogen-bond acceptors (Lipinski definition) is 4. The first-order valence-electron chi connectivity index (χ1n) is 23.7. The Balaban J connectivity index is 0.775. The average molecular weight is 879 g/mol. The lowest BCUT2D eigenvalue weighted by Gasteiger charge is -2.23. The average Bonchev–Trinajstić information content (AvgIpc) is 3.65. The summed E-state index contributed by atoms with van der Waals surface area (Å²) < 4.78 is 0. The number of rotatable bonds is 5.